The number of carbonyl (C=O) groups excluding carboxylic acids is 1. The molecule has 0 saturated carbocycles. The van der Waals surface area contributed by atoms with Gasteiger partial charge in [0, 0.05) is 18.8 Å². The van der Waals surface area contributed by atoms with E-state index < -0.39 is 10.0 Å². The number of hydrogen-bond acceptors (Lipinski definition) is 4. The zero-order valence-electron chi connectivity index (χ0n) is 17.0. The van der Waals surface area contributed by atoms with Gasteiger partial charge in [-0.1, -0.05) is 32.8 Å². The van der Waals surface area contributed by atoms with Crippen LogP contribution in [-0.2, 0) is 14.8 Å². The van der Waals surface area contributed by atoms with E-state index in [0.29, 0.717) is 24.3 Å². The molecule has 1 aliphatic heterocycles. The van der Waals surface area contributed by atoms with Crippen LogP contribution in [0.4, 0.5) is 5.69 Å². The van der Waals surface area contributed by atoms with Crippen LogP contribution in [0.15, 0.2) is 23.1 Å². The van der Waals surface area contributed by atoms with Gasteiger partial charge in [0.2, 0.25) is 15.9 Å². The first kappa shape index (κ1) is 21.9. The van der Waals surface area contributed by atoms with Crippen LogP contribution >= 0.6 is 0 Å². The van der Waals surface area contributed by atoms with E-state index >= 15 is 0 Å². The van der Waals surface area contributed by atoms with E-state index in [4.69, 9.17) is 0 Å². The van der Waals surface area contributed by atoms with E-state index in [1.54, 1.807) is 25.1 Å². The normalized spacial score (nSPS) is 17.5. The number of benzene rings is 1. The van der Waals surface area contributed by atoms with Crippen molar-refractivity contribution in [1.82, 2.24) is 9.21 Å². The third-order valence-corrected chi connectivity index (χ3v) is 7.54. The zero-order valence-corrected chi connectivity index (χ0v) is 17.8. The maximum atomic E-state index is 12.9. The Labute approximate surface area is 164 Å². The lowest BCUT2D eigenvalue weighted by molar-refractivity contribution is -0.120. The lowest BCUT2D eigenvalue weighted by Crippen LogP contribution is -2.42. The third-order valence-electron chi connectivity index (χ3n) is 5.35. The number of nitrogens with one attached hydrogen (secondary N) is 1. The molecule has 1 fully saturated rings. The molecule has 7 heteroatoms. The average molecular weight is 396 g/mol. The SMILES string of the molecule is CCN(CC)S(=O)(=O)c1cc(NC(=O)[C@H](C)N2CCCCCC2)ccc1C. The quantitative estimate of drug-likeness (QED) is 0.769. The highest BCUT2D eigenvalue weighted by molar-refractivity contribution is 7.89. The largest absolute Gasteiger partial charge is 0.325 e. The third kappa shape index (κ3) is 5.30. The summed E-state index contributed by atoms with van der Waals surface area (Å²) >= 11 is 0. The van der Waals surface area contributed by atoms with Crippen LogP contribution in [0.25, 0.3) is 0 Å². The van der Waals surface area contributed by atoms with Crippen LogP contribution < -0.4 is 5.32 Å². The Hall–Kier alpha value is -1.44. The van der Waals surface area contributed by atoms with Crippen LogP contribution in [-0.4, -0.2) is 55.8 Å². The first-order chi connectivity index (χ1) is 12.8. The van der Waals surface area contributed by atoms with Crippen molar-refractivity contribution in [3.63, 3.8) is 0 Å². The molecule has 1 amide bonds. The van der Waals surface area contributed by atoms with Gasteiger partial charge >= 0.3 is 0 Å². The molecule has 152 valence electrons. The van der Waals surface area contributed by atoms with Gasteiger partial charge in [0.25, 0.3) is 0 Å². The van der Waals surface area contributed by atoms with Gasteiger partial charge in [-0.2, -0.15) is 4.31 Å². The Morgan fingerprint density at radius 2 is 1.74 bits per heavy atom. The number of nitrogens with zero attached hydrogens (tertiary/aromatic N) is 2. The van der Waals surface area contributed by atoms with Gasteiger partial charge < -0.3 is 5.32 Å². The van der Waals surface area contributed by atoms with Crippen LogP contribution in [0, 0.1) is 6.92 Å². The molecule has 1 aliphatic rings. The number of rotatable bonds is 7. The van der Waals surface area contributed by atoms with Crippen LogP contribution in [0.3, 0.4) is 0 Å². The molecule has 27 heavy (non-hydrogen) atoms. The first-order valence-electron chi connectivity index (χ1n) is 9.97. The highest BCUT2D eigenvalue weighted by Gasteiger charge is 2.25. The fraction of sp³-hybridized carbons (Fsp3) is 0.650. The molecule has 1 atom stereocenters. The minimum Gasteiger partial charge on any atom is -0.325 e. The van der Waals surface area contributed by atoms with Gasteiger partial charge in [-0.3, -0.25) is 9.69 Å². The maximum Gasteiger partial charge on any atom is 0.243 e. The van der Waals surface area contributed by atoms with Crippen LogP contribution in [0.5, 0.6) is 0 Å². The van der Waals surface area contributed by atoms with Gasteiger partial charge in [-0.05, 0) is 57.5 Å². The molecule has 1 aromatic rings. The maximum absolute atomic E-state index is 12.9. The van der Waals surface area contributed by atoms with Gasteiger partial charge in [-0.25, -0.2) is 8.42 Å². The highest BCUT2D eigenvalue weighted by atomic mass is 32.2. The molecule has 1 saturated heterocycles. The smallest absolute Gasteiger partial charge is 0.243 e. The fourth-order valence-electron chi connectivity index (χ4n) is 3.55. The molecule has 1 aromatic carbocycles. The molecule has 0 unspecified atom stereocenters. The predicted octanol–water partition coefficient (Wildman–Crippen LogP) is 3.23. The molecule has 0 spiro atoms. The fourth-order valence-corrected chi connectivity index (χ4v) is 5.26. The van der Waals surface area contributed by atoms with Crippen molar-refractivity contribution in [3.8, 4) is 0 Å². The monoisotopic (exact) mass is 395 g/mol. The van der Waals surface area contributed by atoms with Gasteiger partial charge in [-0.15, -0.1) is 0 Å². The van der Waals surface area contributed by atoms with Crippen molar-refractivity contribution in [2.75, 3.05) is 31.5 Å². The molecule has 0 bridgehead atoms. The zero-order chi connectivity index (χ0) is 20.0. The van der Waals surface area contributed by atoms with Gasteiger partial charge in [0.15, 0.2) is 0 Å². The summed E-state index contributed by atoms with van der Waals surface area (Å²) in [6.07, 6.45) is 4.67. The number of amides is 1. The predicted molar refractivity (Wildman–Crippen MR) is 109 cm³/mol. The summed E-state index contributed by atoms with van der Waals surface area (Å²) in [5.41, 5.74) is 1.21. The average Bonchev–Trinajstić information content (AvgIpc) is 2.92. The summed E-state index contributed by atoms with van der Waals surface area (Å²) in [6, 6.07) is 4.87. The molecule has 0 aromatic heterocycles. The molecule has 0 radical (unpaired) electrons. The number of likely N-dealkylation sites (tertiary alicyclic amines) is 1. The molecule has 2 rings (SSSR count). The Morgan fingerprint density at radius 1 is 1.15 bits per heavy atom. The van der Waals surface area contributed by atoms with E-state index in [9.17, 15) is 13.2 Å². The molecule has 6 nitrogen and oxygen atoms in total. The van der Waals surface area contributed by atoms with E-state index in [1.807, 2.05) is 20.8 Å². The minimum atomic E-state index is -3.56. The topological polar surface area (TPSA) is 69.7 Å². The van der Waals surface area contributed by atoms with Crippen LogP contribution in [0.1, 0.15) is 52.0 Å². The van der Waals surface area contributed by atoms with Crippen molar-refractivity contribution in [3.05, 3.63) is 23.8 Å². The summed E-state index contributed by atoms with van der Waals surface area (Å²) in [4.78, 5) is 15.2. The lowest BCUT2D eigenvalue weighted by atomic mass is 10.2. The molecular formula is C20H33N3O3S. The standard InChI is InChI=1S/C20H33N3O3S/c1-5-23(6-2)27(25,26)19-15-18(12-11-16(19)3)21-20(24)17(4)22-13-9-7-8-10-14-22/h11-12,15,17H,5-10,13-14H2,1-4H3,(H,21,24)/t17-/m0/s1. The van der Waals surface area contributed by atoms with Crippen molar-refractivity contribution in [2.24, 2.45) is 0 Å². The second kappa shape index (κ2) is 9.66. The number of carbonyl (C=O) groups is 1. The Balaban J connectivity index is 2.18. The lowest BCUT2D eigenvalue weighted by Gasteiger charge is -2.26. The number of anilines is 1. The Kier molecular flexibility index (Phi) is 7.82. The number of sulfonamides is 1. The van der Waals surface area contributed by atoms with Gasteiger partial charge in [0.1, 0.15) is 0 Å². The second-order valence-corrected chi connectivity index (χ2v) is 9.09. The molecular weight excluding hydrogens is 362 g/mol. The van der Waals surface area contributed by atoms with E-state index in [0.717, 1.165) is 25.9 Å². The van der Waals surface area contributed by atoms with Gasteiger partial charge in [0.05, 0.1) is 10.9 Å². The number of hydrogen-bond donors (Lipinski definition) is 1. The number of aryl methyl sites for hydroxylation is 1. The molecule has 0 aliphatic carbocycles. The molecule has 1 heterocycles. The second-order valence-electron chi connectivity index (χ2n) is 7.19. The molecule has 1 N–H and O–H groups in total. The summed E-state index contributed by atoms with van der Waals surface area (Å²) in [5, 5.41) is 2.91. The van der Waals surface area contributed by atoms with E-state index in [2.05, 4.69) is 10.2 Å². The summed E-state index contributed by atoms with van der Waals surface area (Å²) < 4.78 is 27.2. The van der Waals surface area contributed by atoms with Crippen LogP contribution in [0.2, 0.25) is 0 Å². The summed E-state index contributed by atoms with van der Waals surface area (Å²) in [6.45, 7) is 10.1. The highest BCUT2D eigenvalue weighted by Crippen LogP contribution is 2.24. The minimum absolute atomic E-state index is 0.0908. The first-order valence-corrected chi connectivity index (χ1v) is 11.4. The summed E-state index contributed by atoms with van der Waals surface area (Å²) in [5.74, 6) is -0.0908. The van der Waals surface area contributed by atoms with Crippen molar-refractivity contribution >= 4 is 21.6 Å². The Bertz CT molecular complexity index is 737. The van der Waals surface area contributed by atoms with E-state index in [-0.39, 0.29) is 16.8 Å². The van der Waals surface area contributed by atoms with E-state index in [1.165, 1.54) is 17.1 Å². The van der Waals surface area contributed by atoms with Crippen molar-refractivity contribution in [2.45, 2.75) is 64.3 Å². The van der Waals surface area contributed by atoms with Crippen molar-refractivity contribution in [1.29, 1.82) is 0 Å². The summed E-state index contributed by atoms with van der Waals surface area (Å²) in [7, 11) is -3.56. The Morgan fingerprint density at radius 3 is 2.30 bits per heavy atom. The van der Waals surface area contributed by atoms with Crippen molar-refractivity contribution < 1.29 is 13.2 Å².